The van der Waals surface area contributed by atoms with E-state index in [2.05, 4.69) is 10.1 Å². The van der Waals surface area contributed by atoms with E-state index in [1.165, 1.54) is 0 Å². The minimum Gasteiger partial charge on any atom is -0.493 e. The molecule has 3 rings (SSSR count). The molecule has 0 radical (unpaired) electrons. The Morgan fingerprint density at radius 3 is 2.62 bits per heavy atom. The number of benzene rings is 2. The van der Waals surface area contributed by atoms with Crippen LogP contribution < -0.4 is 10.5 Å². The van der Waals surface area contributed by atoms with Crippen molar-refractivity contribution in [2.75, 3.05) is 12.3 Å². The summed E-state index contributed by atoms with van der Waals surface area (Å²) in [6.45, 7) is 2.52. The normalized spacial score (nSPS) is 10.5. The molecule has 21 heavy (non-hydrogen) atoms. The number of para-hydroxylation sites is 1. The molecule has 1 aromatic heterocycles. The predicted molar refractivity (Wildman–Crippen MR) is 80.8 cm³/mol. The molecule has 2 N–H and O–H groups in total. The monoisotopic (exact) mass is 281 g/mol. The molecule has 5 nitrogen and oxygen atoms in total. The van der Waals surface area contributed by atoms with Crippen LogP contribution in [0, 0.1) is 0 Å². The van der Waals surface area contributed by atoms with E-state index in [4.69, 9.17) is 15.0 Å². The van der Waals surface area contributed by atoms with E-state index in [9.17, 15) is 0 Å². The molecule has 0 saturated heterocycles. The highest BCUT2D eigenvalue weighted by Gasteiger charge is 2.14. The van der Waals surface area contributed by atoms with Gasteiger partial charge in [-0.2, -0.15) is 4.98 Å². The van der Waals surface area contributed by atoms with Gasteiger partial charge in [-0.25, -0.2) is 0 Å². The zero-order valence-electron chi connectivity index (χ0n) is 11.6. The van der Waals surface area contributed by atoms with Gasteiger partial charge < -0.3 is 15.0 Å². The number of nitrogens with zero attached hydrogens (tertiary/aromatic N) is 2. The van der Waals surface area contributed by atoms with Crippen LogP contribution in [0.5, 0.6) is 5.75 Å². The maximum atomic E-state index is 5.67. The Kier molecular flexibility index (Phi) is 3.55. The summed E-state index contributed by atoms with van der Waals surface area (Å²) in [5, 5.41) is 4.03. The molecule has 0 unspecified atom stereocenters. The Morgan fingerprint density at radius 2 is 1.86 bits per heavy atom. The fourth-order valence-electron chi connectivity index (χ4n) is 2.01. The quantitative estimate of drug-likeness (QED) is 0.742. The van der Waals surface area contributed by atoms with Crippen LogP contribution in [0.2, 0.25) is 0 Å². The van der Waals surface area contributed by atoms with Crippen molar-refractivity contribution < 1.29 is 9.26 Å². The third-order valence-electron chi connectivity index (χ3n) is 3.01. The van der Waals surface area contributed by atoms with Crippen molar-refractivity contribution in [1.29, 1.82) is 0 Å². The zero-order chi connectivity index (χ0) is 14.7. The lowest BCUT2D eigenvalue weighted by atomic mass is 10.2. The van der Waals surface area contributed by atoms with Crippen LogP contribution in [0.25, 0.3) is 22.8 Å². The Hall–Kier alpha value is -2.82. The second-order valence-electron chi connectivity index (χ2n) is 4.47. The van der Waals surface area contributed by atoms with Crippen molar-refractivity contribution in [3.63, 3.8) is 0 Å². The van der Waals surface area contributed by atoms with E-state index in [0.717, 1.165) is 16.9 Å². The molecule has 0 amide bonds. The molecule has 0 aliphatic heterocycles. The third-order valence-corrected chi connectivity index (χ3v) is 3.01. The van der Waals surface area contributed by atoms with E-state index in [-0.39, 0.29) is 0 Å². The lowest BCUT2D eigenvalue weighted by Crippen LogP contribution is -1.94. The number of aromatic nitrogens is 2. The van der Waals surface area contributed by atoms with Crippen LogP contribution in [-0.4, -0.2) is 16.7 Å². The van der Waals surface area contributed by atoms with Crippen LogP contribution in [0.3, 0.4) is 0 Å². The topological polar surface area (TPSA) is 74.2 Å². The van der Waals surface area contributed by atoms with Gasteiger partial charge in [-0.3, -0.25) is 0 Å². The summed E-state index contributed by atoms with van der Waals surface area (Å²) in [4.78, 5) is 4.42. The molecule has 106 valence electrons. The average molecular weight is 281 g/mol. The van der Waals surface area contributed by atoms with Gasteiger partial charge in [0.15, 0.2) is 0 Å². The summed E-state index contributed by atoms with van der Waals surface area (Å²) in [6, 6.07) is 14.9. The molecule has 5 heteroatoms. The van der Waals surface area contributed by atoms with Gasteiger partial charge in [-0.1, -0.05) is 17.3 Å². The first-order valence-corrected chi connectivity index (χ1v) is 6.69. The van der Waals surface area contributed by atoms with Crippen molar-refractivity contribution in [1.82, 2.24) is 10.1 Å². The highest BCUT2D eigenvalue weighted by atomic mass is 16.5. The minimum atomic E-state index is 0.455. The Balaban J connectivity index is 1.97. The van der Waals surface area contributed by atoms with E-state index in [1.807, 2.05) is 43.3 Å². The number of rotatable bonds is 4. The highest BCUT2D eigenvalue weighted by Crippen LogP contribution is 2.29. The van der Waals surface area contributed by atoms with Gasteiger partial charge >= 0.3 is 0 Å². The fraction of sp³-hybridized carbons (Fsp3) is 0.125. The maximum absolute atomic E-state index is 5.67. The molecule has 0 atom stereocenters. The molecule has 0 spiro atoms. The predicted octanol–water partition coefficient (Wildman–Crippen LogP) is 3.38. The van der Waals surface area contributed by atoms with Gasteiger partial charge in [0.1, 0.15) is 5.75 Å². The largest absolute Gasteiger partial charge is 0.493 e. The molecule has 1 heterocycles. The third kappa shape index (κ3) is 2.72. The van der Waals surface area contributed by atoms with E-state index in [1.54, 1.807) is 12.1 Å². The summed E-state index contributed by atoms with van der Waals surface area (Å²) in [5.74, 6) is 1.70. The molecular weight excluding hydrogens is 266 g/mol. The molecule has 0 aliphatic carbocycles. The molecule has 0 fully saturated rings. The lowest BCUT2D eigenvalue weighted by Gasteiger charge is -2.05. The van der Waals surface area contributed by atoms with Crippen molar-refractivity contribution in [3.8, 4) is 28.6 Å². The van der Waals surface area contributed by atoms with Crippen molar-refractivity contribution in [2.24, 2.45) is 0 Å². The van der Waals surface area contributed by atoms with Crippen LogP contribution >= 0.6 is 0 Å². The van der Waals surface area contributed by atoms with E-state index >= 15 is 0 Å². The number of anilines is 1. The van der Waals surface area contributed by atoms with E-state index < -0.39 is 0 Å². The Labute approximate surface area is 122 Å². The summed E-state index contributed by atoms with van der Waals surface area (Å²) in [7, 11) is 0. The van der Waals surface area contributed by atoms with Crippen molar-refractivity contribution in [2.45, 2.75) is 6.92 Å². The molecule has 0 bridgehead atoms. The van der Waals surface area contributed by atoms with Gasteiger partial charge in [0.2, 0.25) is 5.82 Å². The number of hydrogen-bond donors (Lipinski definition) is 1. The second-order valence-corrected chi connectivity index (χ2v) is 4.47. The number of hydrogen-bond acceptors (Lipinski definition) is 5. The number of nitrogens with two attached hydrogens (primary N) is 1. The average Bonchev–Trinajstić information content (AvgIpc) is 2.99. The maximum Gasteiger partial charge on any atom is 0.258 e. The summed E-state index contributed by atoms with van der Waals surface area (Å²) >= 11 is 0. The molecular formula is C16H15N3O2. The standard InChI is InChI=1S/C16H15N3O2/c1-2-20-14-6-4-3-5-13(14)15-18-16(21-19-15)11-7-9-12(17)10-8-11/h3-10H,2,17H2,1H3. The fourth-order valence-corrected chi connectivity index (χ4v) is 2.01. The SMILES string of the molecule is CCOc1ccccc1-c1noc(-c2ccc(N)cc2)n1. The summed E-state index contributed by atoms with van der Waals surface area (Å²) < 4.78 is 10.9. The van der Waals surface area contributed by atoms with Gasteiger partial charge in [-0.05, 0) is 43.3 Å². The smallest absolute Gasteiger partial charge is 0.258 e. The number of nitrogen functional groups attached to an aromatic ring is 1. The first kappa shape index (κ1) is 13.2. The zero-order valence-corrected chi connectivity index (χ0v) is 11.6. The van der Waals surface area contributed by atoms with E-state index in [0.29, 0.717) is 24.0 Å². The summed E-state index contributed by atoms with van der Waals surface area (Å²) in [6.07, 6.45) is 0. The second kappa shape index (κ2) is 5.66. The van der Waals surface area contributed by atoms with Crippen LogP contribution in [0.15, 0.2) is 53.1 Å². The van der Waals surface area contributed by atoms with Crippen molar-refractivity contribution in [3.05, 3.63) is 48.5 Å². The lowest BCUT2D eigenvalue weighted by molar-refractivity contribution is 0.341. The van der Waals surface area contributed by atoms with Crippen LogP contribution in [0.1, 0.15) is 6.92 Å². The molecule has 2 aromatic carbocycles. The van der Waals surface area contributed by atoms with Gasteiger partial charge in [0, 0.05) is 11.3 Å². The van der Waals surface area contributed by atoms with Crippen molar-refractivity contribution >= 4 is 5.69 Å². The van der Waals surface area contributed by atoms with Gasteiger partial charge in [0.25, 0.3) is 5.89 Å². The van der Waals surface area contributed by atoms with Gasteiger partial charge in [0.05, 0.1) is 12.2 Å². The highest BCUT2D eigenvalue weighted by molar-refractivity contribution is 5.66. The Morgan fingerprint density at radius 1 is 1.10 bits per heavy atom. The van der Waals surface area contributed by atoms with Crippen LogP contribution in [-0.2, 0) is 0 Å². The Bertz CT molecular complexity index is 735. The first-order valence-electron chi connectivity index (χ1n) is 6.69. The molecule has 0 aliphatic rings. The molecule has 3 aromatic rings. The molecule has 0 saturated carbocycles. The minimum absolute atomic E-state index is 0.455. The number of ether oxygens (including phenoxy) is 1. The first-order chi connectivity index (χ1) is 10.3. The van der Waals surface area contributed by atoms with Crippen LogP contribution in [0.4, 0.5) is 5.69 Å². The summed E-state index contributed by atoms with van der Waals surface area (Å²) in [5.41, 5.74) is 8.01. The van der Waals surface area contributed by atoms with Gasteiger partial charge in [-0.15, -0.1) is 0 Å².